The van der Waals surface area contributed by atoms with Crippen molar-refractivity contribution in [2.75, 3.05) is 39.6 Å². The Morgan fingerprint density at radius 1 is 0.737 bits per heavy atom. The van der Waals surface area contributed by atoms with Gasteiger partial charge in [0.05, 0.1) is 13.2 Å². The molecule has 0 heterocycles. The van der Waals surface area contributed by atoms with E-state index >= 15 is 0 Å². The highest BCUT2D eigenvalue weighted by Gasteiger charge is 1.91. The van der Waals surface area contributed by atoms with Crippen LogP contribution < -0.4 is 0 Å². The Balaban J connectivity index is 0. The Morgan fingerprint density at radius 3 is 1.58 bits per heavy atom. The first-order valence-electron chi connectivity index (χ1n) is 6.46. The van der Waals surface area contributed by atoms with Crippen LogP contribution in [-0.4, -0.2) is 51.6 Å². The van der Waals surface area contributed by atoms with E-state index in [1.54, 1.807) is 0 Å². The summed E-state index contributed by atoms with van der Waals surface area (Å²) in [6.45, 7) is 9.84. The minimum Gasteiger partial charge on any atom is -0.463 e. The number of carbonyl (C=O) groups is 2. The zero-order chi connectivity index (χ0) is 14.9. The van der Waals surface area contributed by atoms with Crippen LogP contribution in [0.3, 0.4) is 0 Å². The normalized spacial score (nSPS) is 9.26. The molecule has 0 saturated heterocycles. The van der Waals surface area contributed by atoms with Gasteiger partial charge in [-0.15, -0.1) is 0 Å². The molecule has 0 fully saturated rings. The molecule has 0 rings (SSSR count). The maximum atomic E-state index is 10.2. The third kappa shape index (κ3) is 26.5. The topological polar surface area (TPSA) is 71.1 Å². The number of rotatable bonds is 9. The minimum atomic E-state index is -0.255. The maximum absolute atomic E-state index is 10.2. The largest absolute Gasteiger partial charge is 0.463 e. The van der Waals surface area contributed by atoms with Crippen LogP contribution >= 0.6 is 0 Å². The quantitative estimate of drug-likeness (QED) is 0.471. The lowest BCUT2D eigenvalue weighted by atomic mass is 10.5. The predicted octanol–water partition coefficient (Wildman–Crippen LogP) is 1.56. The van der Waals surface area contributed by atoms with Gasteiger partial charge in [0.2, 0.25) is 0 Å². The Labute approximate surface area is 115 Å². The van der Waals surface area contributed by atoms with E-state index in [0.717, 1.165) is 13.0 Å². The Bertz CT molecular complexity index is 217. The summed E-state index contributed by atoms with van der Waals surface area (Å²) in [5.41, 5.74) is 0. The summed E-state index contributed by atoms with van der Waals surface area (Å²) in [5.74, 6) is -0.505. The molecule has 0 N–H and O–H groups in total. The lowest BCUT2D eigenvalue weighted by Gasteiger charge is -2.01. The molecule has 19 heavy (non-hydrogen) atoms. The lowest BCUT2D eigenvalue weighted by Crippen LogP contribution is -2.07. The van der Waals surface area contributed by atoms with Gasteiger partial charge in [0, 0.05) is 27.1 Å². The van der Waals surface area contributed by atoms with E-state index in [2.05, 4.69) is 9.47 Å². The van der Waals surface area contributed by atoms with Crippen LogP contribution in [0.25, 0.3) is 0 Å². The molecule has 0 bridgehead atoms. The second-order valence-corrected chi connectivity index (χ2v) is 3.49. The van der Waals surface area contributed by atoms with Crippen LogP contribution in [-0.2, 0) is 28.5 Å². The van der Waals surface area contributed by atoms with Crippen LogP contribution in [0.1, 0.15) is 34.1 Å². The first kappa shape index (κ1) is 20.2. The van der Waals surface area contributed by atoms with Crippen molar-refractivity contribution >= 4 is 11.9 Å². The summed E-state index contributed by atoms with van der Waals surface area (Å²) in [7, 11) is 0. The van der Waals surface area contributed by atoms with Crippen molar-refractivity contribution in [2.24, 2.45) is 0 Å². The summed E-state index contributed by atoms with van der Waals surface area (Å²) < 4.78 is 19.2. The molecule has 6 heteroatoms. The summed E-state index contributed by atoms with van der Waals surface area (Å²) in [6.07, 6.45) is 1.00. The predicted molar refractivity (Wildman–Crippen MR) is 70.9 cm³/mol. The third-order valence-corrected chi connectivity index (χ3v) is 1.62. The molecule has 0 aromatic carbocycles. The zero-order valence-corrected chi connectivity index (χ0v) is 12.4. The molecule has 0 aromatic rings. The molecule has 0 atom stereocenters. The molecular weight excluding hydrogens is 252 g/mol. The summed E-state index contributed by atoms with van der Waals surface area (Å²) in [6, 6.07) is 0. The van der Waals surface area contributed by atoms with Gasteiger partial charge in [-0.25, -0.2) is 0 Å². The van der Waals surface area contributed by atoms with Crippen molar-refractivity contribution in [1.29, 1.82) is 0 Å². The fourth-order valence-corrected chi connectivity index (χ4v) is 0.879. The van der Waals surface area contributed by atoms with Gasteiger partial charge in [-0.3, -0.25) is 9.59 Å². The Hall–Kier alpha value is -1.14. The lowest BCUT2D eigenvalue weighted by molar-refractivity contribution is -0.143. The van der Waals surface area contributed by atoms with E-state index in [1.165, 1.54) is 13.8 Å². The number of hydrogen-bond donors (Lipinski definition) is 0. The first-order valence-corrected chi connectivity index (χ1v) is 6.46. The number of ether oxygens (including phenoxy) is 4. The standard InChI is InChI=1S/C7H14O3.C6H12O3/c1-3-4-9-5-6-10-7(2)8;1-3-8-4-5-9-6(2)7/h3-6H2,1-2H3;3-5H2,1-2H3. The fraction of sp³-hybridized carbons (Fsp3) is 0.846. The first-order chi connectivity index (χ1) is 9.04. The second kappa shape index (κ2) is 16.9. The van der Waals surface area contributed by atoms with Crippen molar-refractivity contribution < 1.29 is 28.5 Å². The molecule has 0 radical (unpaired) electrons. The van der Waals surface area contributed by atoms with E-state index in [1.807, 2.05) is 13.8 Å². The van der Waals surface area contributed by atoms with Crippen LogP contribution in [0.4, 0.5) is 0 Å². The van der Waals surface area contributed by atoms with Crippen LogP contribution in [0.2, 0.25) is 0 Å². The van der Waals surface area contributed by atoms with E-state index in [0.29, 0.717) is 33.0 Å². The van der Waals surface area contributed by atoms with Gasteiger partial charge in [-0.2, -0.15) is 0 Å². The van der Waals surface area contributed by atoms with Gasteiger partial charge in [0.15, 0.2) is 0 Å². The molecule has 0 saturated carbocycles. The molecular formula is C13H26O6. The summed E-state index contributed by atoms with van der Waals surface area (Å²) in [4.78, 5) is 20.3. The van der Waals surface area contributed by atoms with E-state index < -0.39 is 0 Å². The second-order valence-electron chi connectivity index (χ2n) is 3.49. The van der Waals surface area contributed by atoms with E-state index in [-0.39, 0.29) is 11.9 Å². The smallest absolute Gasteiger partial charge is 0.302 e. The van der Waals surface area contributed by atoms with Gasteiger partial charge in [-0.05, 0) is 13.3 Å². The van der Waals surface area contributed by atoms with E-state index in [9.17, 15) is 9.59 Å². The van der Waals surface area contributed by atoms with Crippen molar-refractivity contribution in [3.8, 4) is 0 Å². The molecule has 0 aliphatic heterocycles. The van der Waals surface area contributed by atoms with Crippen LogP contribution in [0.15, 0.2) is 0 Å². The van der Waals surface area contributed by atoms with Crippen molar-refractivity contribution in [3.05, 3.63) is 0 Å². The van der Waals surface area contributed by atoms with Gasteiger partial charge in [0.1, 0.15) is 13.2 Å². The minimum absolute atomic E-state index is 0.250. The maximum Gasteiger partial charge on any atom is 0.302 e. The molecule has 6 nitrogen and oxygen atoms in total. The van der Waals surface area contributed by atoms with Crippen molar-refractivity contribution in [2.45, 2.75) is 34.1 Å². The van der Waals surface area contributed by atoms with Gasteiger partial charge in [-0.1, -0.05) is 6.92 Å². The molecule has 114 valence electrons. The Kier molecular flexibility index (Phi) is 17.9. The molecule has 0 aromatic heterocycles. The summed E-state index contributed by atoms with van der Waals surface area (Å²) >= 11 is 0. The molecule has 0 aliphatic carbocycles. The van der Waals surface area contributed by atoms with Crippen molar-refractivity contribution in [3.63, 3.8) is 0 Å². The van der Waals surface area contributed by atoms with E-state index in [4.69, 9.17) is 9.47 Å². The van der Waals surface area contributed by atoms with Gasteiger partial charge >= 0.3 is 11.9 Å². The Morgan fingerprint density at radius 2 is 1.21 bits per heavy atom. The highest BCUT2D eigenvalue weighted by Crippen LogP contribution is 1.81. The average molecular weight is 278 g/mol. The highest BCUT2D eigenvalue weighted by molar-refractivity contribution is 5.66. The SMILES string of the molecule is CCCOCCOC(C)=O.CCOCCOC(C)=O. The third-order valence-electron chi connectivity index (χ3n) is 1.62. The number of esters is 2. The molecule has 0 aliphatic rings. The molecule has 0 spiro atoms. The van der Waals surface area contributed by atoms with Gasteiger partial charge < -0.3 is 18.9 Å². The molecule has 0 unspecified atom stereocenters. The van der Waals surface area contributed by atoms with Crippen molar-refractivity contribution in [1.82, 2.24) is 0 Å². The molecule has 0 amide bonds. The fourth-order valence-electron chi connectivity index (χ4n) is 0.879. The van der Waals surface area contributed by atoms with Crippen LogP contribution in [0.5, 0.6) is 0 Å². The summed E-state index contributed by atoms with van der Waals surface area (Å²) in [5, 5.41) is 0. The number of hydrogen-bond acceptors (Lipinski definition) is 6. The van der Waals surface area contributed by atoms with Gasteiger partial charge in [0.25, 0.3) is 0 Å². The number of carbonyl (C=O) groups excluding carboxylic acids is 2. The zero-order valence-electron chi connectivity index (χ0n) is 12.4. The monoisotopic (exact) mass is 278 g/mol. The average Bonchev–Trinajstić information content (AvgIpc) is 2.35. The highest BCUT2D eigenvalue weighted by atomic mass is 16.6. The van der Waals surface area contributed by atoms with Crippen LogP contribution in [0, 0.1) is 0 Å².